The molecule has 0 fully saturated rings. The normalized spacial score (nSPS) is 11.4. The van der Waals surface area contributed by atoms with Gasteiger partial charge >= 0.3 is 0 Å². The summed E-state index contributed by atoms with van der Waals surface area (Å²) < 4.78 is 6.49. The van der Waals surface area contributed by atoms with Crippen LogP contribution >= 0.6 is 23.8 Å². The summed E-state index contributed by atoms with van der Waals surface area (Å²) >= 11 is 11.3. The van der Waals surface area contributed by atoms with E-state index in [0.29, 0.717) is 17.0 Å². The fourth-order valence-electron chi connectivity index (χ4n) is 2.50. The van der Waals surface area contributed by atoms with Gasteiger partial charge in [-0.1, -0.05) is 39.8 Å². The zero-order chi connectivity index (χ0) is 17.5. The lowest BCUT2D eigenvalue weighted by Gasteiger charge is -2.23. The van der Waals surface area contributed by atoms with Crippen LogP contribution in [0.2, 0.25) is 5.02 Å². The van der Waals surface area contributed by atoms with Crippen molar-refractivity contribution in [2.45, 2.75) is 47.1 Å². The number of fused-ring (bicyclic) bond motifs is 1. The topological polar surface area (TPSA) is 66.6 Å². The maximum absolute atomic E-state index is 6.29. The molecule has 2 aromatic heterocycles. The van der Waals surface area contributed by atoms with E-state index in [1.165, 1.54) is 0 Å². The van der Waals surface area contributed by atoms with Gasteiger partial charge in [0.2, 0.25) is 0 Å². The summed E-state index contributed by atoms with van der Waals surface area (Å²) in [6.07, 6.45) is 1.70. The Labute approximate surface area is 157 Å². The molecule has 2 heterocycles. The summed E-state index contributed by atoms with van der Waals surface area (Å²) in [6.45, 7) is 8.73. The maximum atomic E-state index is 6.29. The van der Waals surface area contributed by atoms with Gasteiger partial charge in [0.05, 0.1) is 11.1 Å². The quantitative estimate of drug-likeness (QED) is 0.591. The third-order valence-corrected chi connectivity index (χ3v) is 4.47. The van der Waals surface area contributed by atoms with Crippen LogP contribution in [0.25, 0.3) is 11.0 Å². The minimum atomic E-state index is -0.0741. The molecule has 0 spiro atoms. The van der Waals surface area contributed by atoms with Gasteiger partial charge in [-0.15, -0.1) is 0 Å². The molecule has 5 nitrogen and oxygen atoms in total. The van der Waals surface area contributed by atoms with Crippen LogP contribution in [-0.4, -0.2) is 20.2 Å². The predicted octanol–water partition coefficient (Wildman–Crippen LogP) is 5.49. The smallest absolute Gasteiger partial charge is 0.198 e. The van der Waals surface area contributed by atoms with Gasteiger partial charge < -0.3 is 9.72 Å². The molecule has 134 valence electrons. The van der Waals surface area contributed by atoms with Crippen molar-refractivity contribution in [3.05, 3.63) is 44.9 Å². The van der Waals surface area contributed by atoms with Gasteiger partial charge in [0, 0.05) is 16.8 Å². The Morgan fingerprint density at radius 3 is 2.68 bits per heavy atom. The second-order valence-corrected chi connectivity index (χ2v) is 7.58. The average Bonchev–Trinajstić information content (AvgIpc) is 2.89. The standard InChI is InChI=1S/C17H19ClN4OS.CH4/c1-9-5-14(11(6-12(9)18)17(2,3)4)23-8-13-10-7-19-16(24)20-15(10)22-21-13;/h5-7H,8H2,1-4H3,(H2,19,20,21,22,24);1H4. The molecule has 0 aliphatic heterocycles. The number of halogens is 1. The molecule has 25 heavy (non-hydrogen) atoms. The van der Waals surface area contributed by atoms with E-state index in [0.717, 1.165) is 33.0 Å². The van der Waals surface area contributed by atoms with Gasteiger partial charge in [-0.3, -0.25) is 5.10 Å². The Balaban J connectivity index is 0.00000225. The van der Waals surface area contributed by atoms with Crippen LogP contribution in [0, 0.1) is 11.7 Å². The first-order valence-corrected chi connectivity index (χ1v) is 8.40. The summed E-state index contributed by atoms with van der Waals surface area (Å²) in [4.78, 5) is 7.05. The molecule has 2 N–H and O–H groups in total. The molecule has 0 saturated carbocycles. The highest BCUT2D eigenvalue weighted by molar-refractivity contribution is 7.71. The molecule has 0 radical (unpaired) electrons. The number of nitrogens with one attached hydrogen (secondary N) is 2. The summed E-state index contributed by atoms with van der Waals surface area (Å²) in [5, 5.41) is 8.80. The molecule has 0 aliphatic carbocycles. The number of H-pyrrole nitrogens is 2. The number of hydrogen-bond acceptors (Lipinski definition) is 4. The molecule has 3 aromatic rings. The molecular formula is C18H23ClN4OS. The third-order valence-electron chi connectivity index (χ3n) is 3.86. The van der Waals surface area contributed by atoms with Crippen molar-refractivity contribution < 1.29 is 4.74 Å². The first-order chi connectivity index (χ1) is 11.3. The molecule has 0 unspecified atom stereocenters. The molecule has 0 atom stereocenters. The van der Waals surface area contributed by atoms with Gasteiger partial charge in [0.25, 0.3) is 0 Å². The van der Waals surface area contributed by atoms with E-state index in [9.17, 15) is 0 Å². The van der Waals surface area contributed by atoms with Crippen molar-refractivity contribution in [1.29, 1.82) is 0 Å². The molecule has 0 aliphatic rings. The summed E-state index contributed by atoms with van der Waals surface area (Å²) in [6, 6.07) is 3.96. The van der Waals surface area contributed by atoms with Crippen LogP contribution in [0.3, 0.4) is 0 Å². The third kappa shape index (κ3) is 4.02. The number of nitrogens with zero attached hydrogens (tertiary/aromatic N) is 2. The number of rotatable bonds is 3. The zero-order valence-corrected chi connectivity index (χ0v) is 15.6. The average molecular weight is 379 g/mol. The summed E-state index contributed by atoms with van der Waals surface area (Å²) in [5.74, 6) is 0.823. The van der Waals surface area contributed by atoms with E-state index >= 15 is 0 Å². The van der Waals surface area contributed by atoms with Crippen LogP contribution in [0.4, 0.5) is 0 Å². The SMILES string of the molecule is C.Cc1cc(OCc2[nH]nc3[nH]c(=S)ncc23)c(C(C)(C)C)cc1Cl. The lowest BCUT2D eigenvalue weighted by atomic mass is 9.86. The Hall–Kier alpha value is -1.92. The monoisotopic (exact) mass is 378 g/mol. The zero-order valence-electron chi connectivity index (χ0n) is 14.0. The maximum Gasteiger partial charge on any atom is 0.198 e. The number of hydrogen-bond donors (Lipinski definition) is 2. The number of aromatic nitrogens is 4. The van der Waals surface area contributed by atoms with Crippen molar-refractivity contribution in [2.24, 2.45) is 0 Å². The first kappa shape index (κ1) is 19.4. The second-order valence-electron chi connectivity index (χ2n) is 6.79. The molecule has 0 bridgehead atoms. The Bertz CT molecular complexity index is 956. The lowest BCUT2D eigenvalue weighted by Crippen LogP contribution is -2.14. The first-order valence-electron chi connectivity index (χ1n) is 7.61. The molecule has 1 aromatic carbocycles. The van der Waals surface area contributed by atoms with Gasteiger partial charge in [0.1, 0.15) is 12.4 Å². The molecule has 7 heteroatoms. The van der Waals surface area contributed by atoms with Crippen LogP contribution in [0.15, 0.2) is 18.3 Å². The van der Waals surface area contributed by atoms with Crippen molar-refractivity contribution in [2.75, 3.05) is 0 Å². The summed E-state index contributed by atoms with van der Waals surface area (Å²) in [5.41, 5.74) is 3.50. The Morgan fingerprint density at radius 1 is 1.28 bits per heavy atom. The largest absolute Gasteiger partial charge is 0.487 e. The highest BCUT2D eigenvalue weighted by atomic mass is 35.5. The van der Waals surface area contributed by atoms with Crippen LogP contribution < -0.4 is 4.74 Å². The minimum Gasteiger partial charge on any atom is -0.487 e. The van der Waals surface area contributed by atoms with E-state index in [-0.39, 0.29) is 12.8 Å². The molecule has 3 rings (SSSR count). The van der Waals surface area contributed by atoms with E-state index in [1.807, 2.05) is 19.1 Å². The number of benzene rings is 1. The number of ether oxygens (including phenoxy) is 1. The highest BCUT2D eigenvalue weighted by Gasteiger charge is 2.21. The number of aromatic amines is 2. The highest BCUT2D eigenvalue weighted by Crippen LogP contribution is 2.36. The van der Waals surface area contributed by atoms with Crippen LogP contribution in [0.1, 0.15) is 45.0 Å². The minimum absolute atomic E-state index is 0. The lowest BCUT2D eigenvalue weighted by molar-refractivity contribution is 0.294. The van der Waals surface area contributed by atoms with Gasteiger partial charge in [-0.05, 0) is 42.3 Å². The molecule has 0 amide bonds. The van der Waals surface area contributed by atoms with Gasteiger partial charge in [-0.2, -0.15) is 5.10 Å². The Morgan fingerprint density at radius 2 is 2.00 bits per heavy atom. The fraction of sp³-hybridized carbons (Fsp3) is 0.389. The van der Waals surface area contributed by atoms with E-state index in [2.05, 4.69) is 40.9 Å². The van der Waals surface area contributed by atoms with Crippen LogP contribution in [0.5, 0.6) is 5.75 Å². The van der Waals surface area contributed by atoms with Gasteiger partial charge in [-0.25, -0.2) is 4.98 Å². The van der Waals surface area contributed by atoms with Gasteiger partial charge in [0.15, 0.2) is 10.4 Å². The second kappa shape index (κ2) is 7.14. The van der Waals surface area contributed by atoms with E-state index in [4.69, 9.17) is 28.6 Å². The van der Waals surface area contributed by atoms with Crippen molar-refractivity contribution in [3.63, 3.8) is 0 Å². The van der Waals surface area contributed by atoms with Crippen LogP contribution in [-0.2, 0) is 12.0 Å². The van der Waals surface area contributed by atoms with Crippen molar-refractivity contribution in [3.8, 4) is 5.75 Å². The molecular weight excluding hydrogens is 356 g/mol. The summed E-state index contributed by atoms with van der Waals surface area (Å²) in [7, 11) is 0. The Kier molecular flexibility index (Phi) is 5.54. The molecule has 0 saturated heterocycles. The predicted molar refractivity (Wildman–Crippen MR) is 105 cm³/mol. The fourth-order valence-corrected chi connectivity index (χ4v) is 2.81. The van der Waals surface area contributed by atoms with Crippen molar-refractivity contribution in [1.82, 2.24) is 20.2 Å². The van der Waals surface area contributed by atoms with E-state index < -0.39 is 0 Å². The van der Waals surface area contributed by atoms with E-state index in [1.54, 1.807) is 6.20 Å². The van der Waals surface area contributed by atoms with Crippen molar-refractivity contribution >= 4 is 34.9 Å². The number of aryl methyl sites for hydroxylation is 1.